The SMILES string of the molecule is Cc1nn(CC(=O)N[C@@H](C)C(=O)N2CCCCC2)c(=O)c2c(C)n(-c3ccccc3)nc12. The van der Waals surface area contributed by atoms with E-state index < -0.39 is 11.9 Å². The zero-order valence-corrected chi connectivity index (χ0v) is 18.7. The zero-order chi connectivity index (χ0) is 22.8. The Morgan fingerprint density at radius 2 is 1.75 bits per heavy atom. The van der Waals surface area contributed by atoms with Gasteiger partial charge in [0.15, 0.2) is 0 Å². The lowest BCUT2D eigenvalue weighted by Gasteiger charge is -2.29. The number of amides is 2. The van der Waals surface area contributed by atoms with Crippen molar-refractivity contribution in [3.8, 4) is 5.69 Å². The molecule has 0 radical (unpaired) electrons. The molecule has 1 saturated heterocycles. The Hall–Kier alpha value is -3.49. The van der Waals surface area contributed by atoms with E-state index >= 15 is 0 Å². The fourth-order valence-corrected chi connectivity index (χ4v) is 4.22. The number of nitrogens with zero attached hydrogens (tertiary/aromatic N) is 5. The highest BCUT2D eigenvalue weighted by molar-refractivity contribution is 5.87. The van der Waals surface area contributed by atoms with Crippen LogP contribution < -0.4 is 10.9 Å². The van der Waals surface area contributed by atoms with Crippen LogP contribution in [0.4, 0.5) is 0 Å². The number of likely N-dealkylation sites (tertiary alicyclic amines) is 1. The number of aryl methyl sites for hydroxylation is 2. The van der Waals surface area contributed by atoms with Crippen molar-refractivity contribution in [1.82, 2.24) is 29.8 Å². The van der Waals surface area contributed by atoms with E-state index in [4.69, 9.17) is 0 Å². The summed E-state index contributed by atoms with van der Waals surface area (Å²) in [7, 11) is 0. The van der Waals surface area contributed by atoms with Gasteiger partial charge in [-0.25, -0.2) is 9.36 Å². The number of aromatic nitrogens is 4. The first-order valence-electron chi connectivity index (χ1n) is 11.0. The Morgan fingerprint density at radius 3 is 2.44 bits per heavy atom. The third kappa shape index (κ3) is 4.15. The third-order valence-electron chi connectivity index (χ3n) is 5.89. The number of hydrogen-bond acceptors (Lipinski definition) is 5. The molecule has 1 atom stereocenters. The average molecular weight is 437 g/mol. The number of piperidine rings is 1. The van der Waals surface area contributed by atoms with Gasteiger partial charge in [0.25, 0.3) is 5.56 Å². The second kappa shape index (κ2) is 8.94. The van der Waals surface area contributed by atoms with Gasteiger partial charge in [0.05, 0.1) is 22.5 Å². The second-order valence-corrected chi connectivity index (χ2v) is 8.28. The Kier molecular flexibility index (Phi) is 6.07. The number of fused-ring (bicyclic) bond motifs is 1. The highest BCUT2D eigenvalue weighted by atomic mass is 16.2. The lowest BCUT2D eigenvalue weighted by atomic mass is 10.1. The number of benzene rings is 1. The summed E-state index contributed by atoms with van der Waals surface area (Å²) in [6.07, 6.45) is 3.10. The summed E-state index contributed by atoms with van der Waals surface area (Å²) in [6.45, 7) is 6.45. The molecule has 0 aliphatic carbocycles. The van der Waals surface area contributed by atoms with E-state index in [-0.39, 0.29) is 18.0 Å². The molecule has 1 fully saturated rings. The standard InChI is InChI=1S/C23H28N6O3/c1-15-21-20(17(3)29(26-21)18-10-6-4-7-11-18)23(32)28(25-15)14-19(30)24-16(2)22(31)27-12-8-5-9-13-27/h4,6-7,10-11,16H,5,8-9,12-14H2,1-3H3,(H,24,30)/t16-/m0/s1. The first-order chi connectivity index (χ1) is 15.4. The Labute approximate surface area is 186 Å². The molecule has 1 aliphatic rings. The predicted octanol–water partition coefficient (Wildman–Crippen LogP) is 1.72. The van der Waals surface area contributed by atoms with Gasteiger partial charge in [-0.05, 0) is 52.2 Å². The Bertz CT molecular complexity index is 1210. The number of para-hydroxylation sites is 1. The highest BCUT2D eigenvalue weighted by Gasteiger charge is 2.24. The van der Waals surface area contributed by atoms with Crippen molar-refractivity contribution >= 4 is 22.7 Å². The van der Waals surface area contributed by atoms with Gasteiger partial charge in [0.2, 0.25) is 11.8 Å². The van der Waals surface area contributed by atoms with E-state index in [0.717, 1.165) is 42.7 Å². The fraction of sp³-hybridized carbons (Fsp3) is 0.435. The van der Waals surface area contributed by atoms with Crippen molar-refractivity contribution in [2.75, 3.05) is 13.1 Å². The summed E-state index contributed by atoms with van der Waals surface area (Å²) in [4.78, 5) is 40.1. The van der Waals surface area contributed by atoms with Gasteiger partial charge in [-0.1, -0.05) is 18.2 Å². The number of hydrogen-bond donors (Lipinski definition) is 1. The van der Waals surface area contributed by atoms with E-state index in [1.54, 1.807) is 23.4 Å². The van der Waals surface area contributed by atoms with Crippen LogP contribution in [0.1, 0.15) is 37.6 Å². The molecular weight excluding hydrogens is 408 g/mol. The average Bonchev–Trinajstić information content (AvgIpc) is 3.15. The van der Waals surface area contributed by atoms with Crippen LogP contribution in [0.25, 0.3) is 16.6 Å². The van der Waals surface area contributed by atoms with E-state index in [1.807, 2.05) is 37.3 Å². The predicted molar refractivity (Wildman–Crippen MR) is 121 cm³/mol. The molecule has 1 N–H and O–H groups in total. The lowest BCUT2D eigenvalue weighted by Crippen LogP contribution is -2.49. The molecule has 0 unspecified atom stereocenters. The molecule has 3 heterocycles. The van der Waals surface area contributed by atoms with Gasteiger partial charge in [-0.2, -0.15) is 10.2 Å². The molecule has 2 aromatic heterocycles. The van der Waals surface area contributed by atoms with E-state index in [0.29, 0.717) is 22.3 Å². The zero-order valence-electron chi connectivity index (χ0n) is 18.7. The number of carbonyl (C=O) groups excluding carboxylic acids is 2. The minimum atomic E-state index is -0.649. The van der Waals surface area contributed by atoms with Crippen molar-refractivity contribution in [3.05, 3.63) is 52.1 Å². The van der Waals surface area contributed by atoms with Crippen LogP contribution in [0.15, 0.2) is 35.1 Å². The maximum Gasteiger partial charge on any atom is 0.278 e. The Balaban J connectivity index is 1.56. The van der Waals surface area contributed by atoms with E-state index in [1.165, 1.54) is 0 Å². The first kappa shape index (κ1) is 21.7. The van der Waals surface area contributed by atoms with E-state index in [9.17, 15) is 14.4 Å². The molecule has 3 aromatic rings. The maximum atomic E-state index is 13.1. The summed E-state index contributed by atoms with van der Waals surface area (Å²) in [5.41, 5.74) is 2.22. The minimum absolute atomic E-state index is 0.0926. The second-order valence-electron chi connectivity index (χ2n) is 8.28. The normalized spacial score (nSPS) is 15.0. The fourth-order valence-electron chi connectivity index (χ4n) is 4.22. The maximum absolute atomic E-state index is 13.1. The Morgan fingerprint density at radius 1 is 1.06 bits per heavy atom. The third-order valence-corrected chi connectivity index (χ3v) is 5.89. The summed E-state index contributed by atoms with van der Waals surface area (Å²) >= 11 is 0. The molecule has 2 amide bonds. The molecule has 4 rings (SSSR count). The van der Waals surface area contributed by atoms with E-state index in [2.05, 4.69) is 15.5 Å². The van der Waals surface area contributed by atoms with Crippen LogP contribution >= 0.6 is 0 Å². The first-order valence-corrected chi connectivity index (χ1v) is 11.0. The van der Waals surface area contributed by atoms with Crippen molar-refractivity contribution in [2.24, 2.45) is 0 Å². The van der Waals surface area contributed by atoms with Crippen LogP contribution in [0.5, 0.6) is 0 Å². The van der Waals surface area contributed by atoms with Crippen LogP contribution in [0, 0.1) is 13.8 Å². The summed E-state index contributed by atoms with van der Waals surface area (Å²) < 4.78 is 2.86. The topological polar surface area (TPSA) is 102 Å². The van der Waals surface area contributed by atoms with Crippen LogP contribution in [0.2, 0.25) is 0 Å². The molecule has 0 bridgehead atoms. The molecule has 9 nitrogen and oxygen atoms in total. The number of nitrogens with one attached hydrogen (secondary N) is 1. The molecule has 1 aliphatic heterocycles. The quantitative estimate of drug-likeness (QED) is 0.656. The monoisotopic (exact) mass is 436 g/mol. The number of rotatable bonds is 5. The van der Waals surface area contributed by atoms with Gasteiger partial charge in [0.1, 0.15) is 18.1 Å². The largest absolute Gasteiger partial charge is 0.343 e. The van der Waals surface area contributed by atoms with Crippen molar-refractivity contribution in [2.45, 2.75) is 52.6 Å². The van der Waals surface area contributed by atoms with Gasteiger partial charge in [-0.3, -0.25) is 14.4 Å². The van der Waals surface area contributed by atoms with Gasteiger partial charge in [-0.15, -0.1) is 0 Å². The van der Waals surface area contributed by atoms with Gasteiger partial charge in [0, 0.05) is 13.1 Å². The molecule has 168 valence electrons. The van der Waals surface area contributed by atoms with Crippen molar-refractivity contribution in [1.29, 1.82) is 0 Å². The van der Waals surface area contributed by atoms with Crippen LogP contribution in [0.3, 0.4) is 0 Å². The minimum Gasteiger partial charge on any atom is -0.343 e. The smallest absolute Gasteiger partial charge is 0.278 e. The number of carbonyl (C=O) groups is 2. The van der Waals surface area contributed by atoms with Gasteiger partial charge < -0.3 is 10.2 Å². The van der Waals surface area contributed by atoms with Crippen molar-refractivity contribution in [3.63, 3.8) is 0 Å². The summed E-state index contributed by atoms with van der Waals surface area (Å²) in [6, 6.07) is 8.89. The van der Waals surface area contributed by atoms with Crippen LogP contribution in [-0.4, -0.2) is 55.4 Å². The molecule has 0 spiro atoms. The summed E-state index contributed by atoms with van der Waals surface area (Å²) in [5, 5.41) is 12.0. The molecule has 1 aromatic carbocycles. The summed E-state index contributed by atoms with van der Waals surface area (Å²) in [5.74, 6) is -0.519. The highest BCUT2D eigenvalue weighted by Crippen LogP contribution is 2.19. The molecule has 32 heavy (non-hydrogen) atoms. The molecule has 0 saturated carbocycles. The lowest BCUT2D eigenvalue weighted by molar-refractivity contribution is -0.136. The van der Waals surface area contributed by atoms with Gasteiger partial charge >= 0.3 is 0 Å². The molecular formula is C23H28N6O3. The molecule has 9 heteroatoms. The van der Waals surface area contributed by atoms with Crippen molar-refractivity contribution < 1.29 is 9.59 Å². The van der Waals surface area contributed by atoms with Crippen LogP contribution in [-0.2, 0) is 16.1 Å².